The molecule has 0 saturated carbocycles. The van der Waals surface area contributed by atoms with Gasteiger partial charge in [0, 0.05) is 16.5 Å². The van der Waals surface area contributed by atoms with Gasteiger partial charge in [-0.25, -0.2) is 4.68 Å². The van der Waals surface area contributed by atoms with Gasteiger partial charge < -0.3 is 5.73 Å². The summed E-state index contributed by atoms with van der Waals surface area (Å²) in [5.41, 5.74) is 5.47. The van der Waals surface area contributed by atoms with Crippen molar-refractivity contribution in [1.29, 1.82) is 0 Å². The molecule has 0 spiro atoms. The summed E-state index contributed by atoms with van der Waals surface area (Å²) < 4.78 is 1.73. The molecule has 5 nitrogen and oxygen atoms in total. The molecule has 0 aliphatic heterocycles. The summed E-state index contributed by atoms with van der Waals surface area (Å²) >= 11 is 7.48. The minimum absolute atomic E-state index is 0.531. The van der Waals surface area contributed by atoms with Crippen LogP contribution >= 0.6 is 23.4 Å². The first-order chi connectivity index (χ1) is 8.29. The van der Waals surface area contributed by atoms with Crippen LogP contribution in [0.15, 0.2) is 29.2 Å². The van der Waals surface area contributed by atoms with E-state index in [0.717, 1.165) is 15.7 Å². The molecule has 0 unspecified atom stereocenters. The zero-order chi connectivity index (χ0) is 12.1. The predicted molar refractivity (Wildman–Crippen MR) is 67.9 cm³/mol. The molecule has 90 valence electrons. The lowest BCUT2D eigenvalue weighted by molar-refractivity contribution is 0.582. The highest BCUT2D eigenvalue weighted by Gasteiger charge is 2.05. The van der Waals surface area contributed by atoms with Crippen molar-refractivity contribution in [2.75, 3.05) is 6.54 Å². The highest BCUT2D eigenvalue weighted by atomic mass is 35.5. The molecule has 0 aliphatic rings. The standard InChI is InChI=1S/C10H12ClN5S/c11-8-1-3-9(4-2-8)17-7-10-13-14-15-16(10)6-5-12/h1-4H,5-7,12H2. The van der Waals surface area contributed by atoms with Crippen LogP contribution < -0.4 is 5.73 Å². The van der Waals surface area contributed by atoms with Gasteiger partial charge in [0.2, 0.25) is 0 Å². The van der Waals surface area contributed by atoms with E-state index in [1.165, 1.54) is 0 Å². The number of rotatable bonds is 5. The summed E-state index contributed by atoms with van der Waals surface area (Å²) in [7, 11) is 0. The van der Waals surface area contributed by atoms with E-state index in [-0.39, 0.29) is 0 Å². The van der Waals surface area contributed by atoms with Gasteiger partial charge in [0.05, 0.1) is 12.3 Å². The highest BCUT2D eigenvalue weighted by molar-refractivity contribution is 7.98. The van der Waals surface area contributed by atoms with Crippen LogP contribution in [0.25, 0.3) is 0 Å². The summed E-state index contributed by atoms with van der Waals surface area (Å²) in [5, 5.41) is 12.2. The van der Waals surface area contributed by atoms with Crippen molar-refractivity contribution in [2.24, 2.45) is 5.73 Å². The topological polar surface area (TPSA) is 69.6 Å². The Morgan fingerprint density at radius 1 is 1.29 bits per heavy atom. The van der Waals surface area contributed by atoms with Crippen molar-refractivity contribution < 1.29 is 0 Å². The second-order valence-electron chi connectivity index (χ2n) is 3.35. The quantitative estimate of drug-likeness (QED) is 0.835. The Balaban J connectivity index is 1.97. The number of nitrogens with zero attached hydrogens (tertiary/aromatic N) is 4. The first kappa shape index (κ1) is 12.3. The summed E-state index contributed by atoms with van der Waals surface area (Å²) in [6.07, 6.45) is 0. The van der Waals surface area contributed by atoms with Gasteiger partial charge >= 0.3 is 0 Å². The van der Waals surface area contributed by atoms with E-state index in [1.54, 1.807) is 16.4 Å². The Hall–Kier alpha value is -1.11. The number of hydrogen-bond donors (Lipinski definition) is 1. The van der Waals surface area contributed by atoms with E-state index in [1.807, 2.05) is 24.3 Å². The zero-order valence-electron chi connectivity index (χ0n) is 9.08. The Kier molecular flexibility index (Phi) is 4.36. The van der Waals surface area contributed by atoms with Crippen molar-refractivity contribution in [2.45, 2.75) is 17.2 Å². The number of hydrogen-bond acceptors (Lipinski definition) is 5. The fourth-order valence-corrected chi connectivity index (χ4v) is 2.26. The van der Waals surface area contributed by atoms with Crippen molar-refractivity contribution >= 4 is 23.4 Å². The van der Waals surface area contributed by atoms with Gasteiger partial charge in [0.1, 0.15) is 0 Å². The number of benzene rings is 1. The molecule has 17 heavy (non-hydrogen) atoms. The lowest BCUT2D eigenvalue weighted by Crippen LogP contribution is -2.13. The number of nitrogens with two attached hydrogens (primary N) is 1. The molecular weight excluding hydrogens is 258 g/mol. The Labute approximate surface area is 108 Å². The number of thioether (sulfide) groups is 1. The molecule has 0 radical (unpaired) electrons. The van der Waals surface area contributed by atoms with Crippen LogP contribution in [0.2, 0.25) is 5.02 Å². The highest BCUT2D eigenvalue weighted by Crippen LogP contribution is 2.23. The van der Waals surface area contributed by atoms with Crippen LogP contribution in [0.3, 0.4) is 0 Å². The van der Waals surface area contributed by atoms with E-state index in [2.05, 4.69) is 15.5 Å². The Bertz CT molecular complexity index is 470. The minimum Gasteiger partial charge on any atom is -0.329 e. The third kappa shape index (κ3) is 3.42. The van der Waals surface area contributed by atoms with Crippen molar-refractivity contribution in [1.82, 2.24) is 20.2 Å². The number of tetrazole rings is 1. The molecule has 0 amide bonds. The lowest BCUT2D eigenvalue weighted by atomic mass is 10.4. The molecule has 2 rings (SSSR count). The van der Waals surface area contributed by atoms with Gasteiger partial charge in [-0.3, -0.25) is 0 Å². The van der Waals surface area contributed by atoms with Crippen LogP contribution in [-0.4, -0.2) is 26.8 Å². The van der Waals surface area contributed by atoms with Gasteiger partial charge in [0.15, 0.2) is 5.82 Å². The summed E-state index contributed by atoms with van der Waals surface area (Å²) in [4.78, 5) is 1.14. The molecule has 0 fully saturated rings. The second-order valence-corrected chi connectivity index (χ2v) is 4.83. The Morgan fingerprint density at radius 2 is 2.06 bits per heavy atom. The SMILES string of the molecule is NCCn1nnnc1CSc1ccc(Cl)cc1. The van der Waals surface area contributed by atoms with E-state index < -0.39 is 0 Å². The number of halogens is 1. The molecule has 0 atom stereocenters. The summed E-state index contributed by atoms with van der Waals surface area (Å²) in [6.45, 7) is 1.17. The fraction of sp³-hybridized carbons (Fsp3) is 0.300. The van der Waals surface area contributed by atoms with Crippen LogP contribution in [0.1, 0.15) is 5.82 Å². The first-order valence-corrected chi connectivity index (χ1v) is 6.49. The van der Waals surface area contributed by atoms with Crippen LogP contribution in [0.5, 0.6) is 0 Å². The maximum Gasteiger partial charge on any atom is 0.161 e. The largest absolute Gasteiger partial charge is 0.329 e. The molecule has 1 heterocycles. The van der Waals surface area contributed by atoms with Crippen LogP contribution in [0.4, 0.5) is 0 Å². The fourth-order valence-electron chi connectivity index (χ4n) is 1.30. The van der Waals surface area contributed by atoms with Gasteiger partial charge in [-0.1, -0.05) is 11.6 Å². The molecule has 0 aliphatic carbocycles. The van der Waals surface area contributed by atoms with Crippen molar-refractivity contribution in [3.05, 3.63) is 35.1 Å². The molecule has 7 heteroatoms. The maximum atomic E-state index is 5.82. The van der Waals surface area contributed by atoms with Gasteiger partial charge in [-0.2, -0.15) is 0 Å². The van der Waals surface area contributed by atoms with E-state index in [0.29, 0.717) is 18.8 Å². The van der Waals surface area contributed by atoms with Crippen molar-refractivity contribution in [3.63, 3.8) is 0 Å². The molecule has 0 bridgehead atoms. The second kappa shape index (κ2) is 6.00. The van der Waals surface area contributed by atoms with E-state index in [4.69, 9.17) is 17.3 Å². The van der Waals surface area contributed by atoms with Crippen LogP contribution in [-0.2, 0) is 12.3 Å². The smallest absolute Gasteiger partial charge is 0.161 e. The average Bonchev–Trinajstić information content (AvgIpc) is 2.77. The minimum atomic E-state index is 0.531. The molecule has 2 aromatic rings. The zero-order valence-corrected chi connectivity index (χ0v) is 10.7. The van der Waals surface area contributed by atoms with Crippen molar-refractivity contribution in [3.8, 4) is 0 Å². The first-order valence-electron chi connectivity index (χ1n) is 5.13. The molecule has 1 aromatic carbocycles. The predicted octanol–water partition coefficient (Wildman–Crippen LogP) is 1.58. The third-order valence-corrected chi connectivity index (χ3v) is 3.39. The molecule has 0 saturated heterocycles. The molecule has 1 aromatic heterocycles. The maximum absolute atomic E-state index is 5.82. The summed E-state index contributed by atoms with van der Waals surface area (Å²) in [5.74, 6) is 1.55. The third-order valence-electron chi connectivity index (χ3n) is 2.13. The summed E-state index contributed by atoms with van der Waals surface area (Å²) in [6, 6.07) is 7.69. The molecular formula is C10H12ClN5S. The lowest BCUT2D eigenvalue weighted by Gasteiger charge is -2.02. The van der Waals surface area contributed by atoms with Gasteiger partial charge in [-0.15, -0.1) is 16.9 Å². The monoisotopic (exact) mass is 269 g/mol. The van der Waals surface area contributed by atoms with E-state index >= 15 is 0 Å². The van der Waals surface area contributed by atoms with Crippen LogP contribution in [0, 0.1) is 0 Å². The van der Waals surface area contributed by atoms with Gasteiger partial charge in [0.25, 0.3) is 0 Å². The normalized spacial score (nSPS) is 10.7. The average molecular weight is 270 g/mol. The van der Waals surface area contributed by atoms with Gasteiger partial charge in [-0.05, 0) is 34.7 Å². The Morgan fingerprint density at radius 3 is 2.76 bits per heavy atom. The molecule has 2 N–H and O–H groups in total. The number of aromatic nitrogens is 4. The van der Waals surface area contributed by atoms with E-state index in [9.17, 15) is 0 Å².